The van der Waals surface area contributed by atoms with E-state index in [0.717, 1.165) is 22.5 Å². The fraction of sp³-hybridized carbons (Fsp3) is 0.600. The van der Waals surface area contributed by atoms with Crippen LogP contribution >= 0.6 is 0 Å². The van der Waals surface area contributed by atoms with Crippen molar-refractivity contribution >= 4 is 21.8 Å². The highest BCUT2D eigenvalue weighted by molar-refractivity contribution is 7.88. The van der Waals surface area contributed by atoms with E-state index in [4.69, 9.17) is 4.74 Å². The molecule has 0 aliphatic carbocycles. The number of benzene rings is 1. The molecule has 0 spiro atoms. The Morgan fingerprint density at radius 3 is 2.21 bits per heavy atom. The molecule has 0 saturated carbocycles. The summed E-state index contributed by atoms with van der Waals surface area (Å²) in [5, 5.41) is 2.85. The molecule has 9 heteroatoms. The van der Waals surface area contributed by atoms with Crippen LogP contribution < -0.4 is 10.1 Å². The monoisotopic (exact) mass is 427 g/mol. The molecule has 0 bridgehead atoms. The highest BCUT2D eigenvalue weighted by Gasteiger charge is 2.28. The molecule has 1 aromatic carbocycles. The van der Waals surface area contributed by atoms with Gasteiger partial charge in [-0.2, -0.15) is 4.31 Å². The van der Waals surface area contributed by atoms with Crippen LogP contribution in [0.4, 0.5) is 0 Å². The van der Waals surface area contributed by atoms with Crippen molar-refractivity contribution < 1.29 is 22.7 Å². The largest absolute Gasteiger partial charge is 0.497 e. The van der Waals surface area contributed by atoms with E-state index in [1.165, 1.54) is 11.9 Å². The number of methoxy groups -OCH3 is 1. The topological polar surface area (TPSA) is 96.0 Å². The van der Waals surface area contributed by atoms with Gasteiger partial charge in [-0.15, -0.1) is 0 Å². The Bertz CT molecular complexity index is 778. The van der Waals surface area contributed by atoms with Crippen LogP contribution in [-0.4, -0.2) is 69.0 Å². The van der Waals surface area contributed by atoms with Crippen molar-refractivity contribution in [3.63, 3.8) is 0 Å². The van der Waals surface area contributed by atoms with Crippen molar-refractivity contribution in [1.82, 2.24) is 14.5 Å². The van der Waals surface area contributed by atoms with Gasteiger partial charge in [0.1, 0.15) is 11.8 Å². The van der Waals surface area contributed by atoms with E-state index in [2.05, 4.69) is 19.2 Å². The van der Waals surface area contributed by atoms with Gasteiger partial charge in [-0.25, -0.2) is 8.42 Å². The fourth-order valence-electron chi connectivity index (χ4n) is 2.54. The van der Waals surface area contributed by atoms with Gasteiger partial charge in [-0.1, -0.05) is 26.0 Å². The number of rotatable bonds is 11. The molecular weight excluding hydrogens is 394 g/mol. The molecule has 164 valence electrons. The third-order valence-electron chi connectivity index (χ3n) is 4.62. The zero-order chi connectivity index (χ0) is 22.2. The SMILES string of the molecule is COc1ccc(CN(C(=O)CN(C)S(C)(=O)=O)C(C)C(=O)NCCC(C)C)cc1. The molecule has 0 aliphatic heterocycles. The van der Waals surface area contributed by atoms with Gasteiger partial charge in [0.2, 0.25) is 21.8 Å². The fourth-order valence-corrected chi connectivity index (χ4v) is 2.89. The Labute approximate surface area is 174 Å². The smallest absolute Gasteiger partial charge is 0.242 e. The van der Waals surface area contributed by atoms with Gasteiger partial charge in [-0.3, -0.25) is 9.59 Å². The maximum Gasteiger partial charge on any atom is 0.242 e. The van der Waals surface area contributed by atoms with E-state index in [-0.39, 0.29) is 19.0 Å². The molecule has 0 aromatic heterocycles. The van der Waals surface area contributed by atoms with Crippen molar-refractivity contribution in [1.29, 1.82) is 0 Å². The number of hydrogen-bond acceptors (Lipinski definition) is 5. The average Bonchev–Trinajstić information content (AvgIpc) is 2.64. The summed E-state index contributed by atoms with van der Waals surface area (Å²) in [5.74, 6) is 0.420. The van der Waals surface area contributed by atoms with E-state index >= 15 is 0 Å². The highest BCUT2D eigenvalue weighted by atomic mass is 32.2. The molecule has 1 N–H and O–H groups in total. The van der Waals surface area contributed by atoms with E-state index < -0.39 is 22.0 Å². The maximum absolute atomic E-state index is 12.9. The normalized spacial score (nSPS) is 12.7. The van der Waals surface area contributed by atoms with Crippen LogP contribution in [0.2, 0.25) is 0 Å². The minimum Gasteiger partial charge on any atom is -0.497 e. The molecule has 2 amide bonds. The maximum atomic E-state index is 12.9. The summed E-state index contributed by atoms with van der Waals surface area (Å²) >= 11 is 0. The lowest BCUT2D eigenvalue weighted by Crippen LogP contribution is -2.50. The van der Waals surface area contributed by atoms with Crippen molar-refractivity contribution in [2.45, 2.75) is 39.8 Å². The van der Waals surface area contributed by atoms with E-state index in [1.54, 1.807) is 26.2 Å². The van der Waals surface area contributed by atoms with E-state index in [0.29, 0.717) is 18.2 Å². The summed E-state index contributed by atoms with van der Waals surface area (Å²) in [7, 11) is -0.610. The van der Waals surface area contributed by atoms with Crippen molar-refractivity contribution in [3.05, 3.63) is 29.8 Å². The Morgan fingerprint density at radius 1 is 1.14 bits per heavy atom. The second kappa shape index (κ2) is 11.2. The van der Waals surface area contributed by atoms with Gasteiger partial charge in [-0.05, 0) is 37.0 Å². The number of ether oxygens (including phenoxy) is 1. The summed E-state index contributed by atoms with van der Waals surface area (Å²) < 4.78 is 29.5. The minimum absolute atomic E-state index is 0.180. The molecule has 0 fully saturated rings. The first-order chi connectivity index (χ1) is 13.5. The van der Waals surface area contributed by atoms with Crippen LogP contribution in [0.15, 0.2) is 24.3 Å². The number of nitrogens with zero attached hydrogens (tertiary/aromatic N) is 2. The third kappa shape index (κ3) is 8.41. The summed E-state index contributed by atoms with van der Waals surface area (Å²) in [6.07, 6.45) is 1.87. The van der Waals surface area contributed by atoms with E-state index in [1.807, 2.05) is 12.1 Å². The zero-order valence-corrected chi connectivity index (χ0v) is 19.0. The predicted molar refractivity (Wildman–Crippen MR) is 113 cm³/mol. The summed E-state index contributed by atoms with van der Waals surface area (Å²) in [6, 6.07) is 6.41. The van der Waals surface area contributed by atoms with Crippen molar-refractivity contribution in [3.8, 4) is 5.75 Å². The number of hydrogen-bond donors (Lipinski definition) is 1. The van der Waals surface area contributed by atoms with Crippen molar-refractivity contribution in [2.75, 3.05) is 33.5 Å². The van der Waals surface area contributed by atoms with Crippen LogP contribution in [0.25, 0.3) is 0 Å². The number of sulfonamides is 1. The molecule has 8 nitrogen and oxygen atoms in total. The molecule has 1 aromatic rings. The van der Waals surface area contributed by atoms with Crippen LogP contribution in [0.5, 0.6) is 5.75 Å². The van der Waals surface area contributed by atoms with Crippen LogP contribution in [-0.2, 0) is 26.2 Å². The number of amides is 2. The standard InChI is InChI=1S/C20H33N3O5S/c1-15(2)11-12-21-20(25)16(3)23(19(24)14-22(4)29(6,26)27)13-17-7-9-18(28-5)10-8-17/h7-10,15-16H,11-14H2,1-6H3,(H,21,25). The summed E-state index contributed by atoms with van der Waals surface area (Å²) in [5.41, 5.74) is 0.808. The molecule has 0 heterocycles. The quantitative estimate of drug-likeness (QED) is 0.577. The van der Waals surface area contributed by atoms with Gasteiger partial charge >= 0.3 is 0 Å². The Hall–Kier alpha value is -2.13. The number of carbonyl (C=O) groups excluding carboxylic acids is 2. The molecular formula is C20H33N3O5S. The van der Waals surface area contributed by atoms with Gasteiger partial charge in [0.15, 0.2) is 0 Å². The van der Waals surface area contributed by atoms with E-state index in [9.17, 15) is 18.0 Å². The first-order valence-corrected chi connectivity index (χ1v) is 11.4. The lowest BCUT2D eigenvalue weighted by atomic mass is 10.1. The van der Waals surface area contributed by atoms with Gasteiger partial charge in [0.25, 0.3) is 0 Å². The second-order valence-corrected chi connectivity index (χ2v) is 9.63. The van der Waals surface area contributed by atoms with Crippen LogP contribution in [0.1, 0.15) is 32.8 Å². The number of carbonyl (C=O) groups is 2. The molecule has 1 rings (SSSR count). The average molecular weight is 428 g/mol. The van der Waals surface area contributed by atoms with Crippen molar-refractivity contribution in [2.24, 2.45) is 5.92 Å². The minimum atomic E-state index is -3.51. The Morgan fingerprint density at radius 2 is 1.72 bits per heavy atom. The summed E-state index contributed by atoms with van der Waals surface area (Å²) in [6.45, 7) is 6.14. The molecule has 0 saturated heterocycles. The molecule has 0 aliphatic rings. The number of nitrogens with one attached hydrogen (secondary N) is 1. The number of likely N-dealkylation sites (N-methyl/N-ethyl adjacent to an activating group) is 1. The lowest BCUT2D eigenvalue weighted by molar-refractivity contribution is -0.140. The first kappa shape index (κ1) is 24.9. The predicted octanol–water partition coefficient (Wildman–Crippen LogP) is 1.47. The molecule has 29 heavy (non-hydrogen) atoms. The summed E-state index contributed by atoms with van der Waals surface area (Å²) in [4.78, 5) is 26.9. The first-order valence-electron chi connectivity index (χ1n) is 9.57. The molecule has 1 atom stereocenters. The second-order valence-electron chi connectivity index (χ2n) is 7.54. The molecule has 0 radical (unpaired) electrons. The Balaban J connectivity index is 2.99. The highest BCUT2D eigenvalue weighted by Crippen LogP contribution is 2.15. The van der Waals surface area contributed by atoms with Gasteiger partial charge in [0.05, 0.1) is 19.9 Å². The zero-order valence-electron chi connectivity index (χ0n) is 18.1. The molecule has 1 unspecified atom stereocenters. The lowest BCUT2D eigenvalue weighted by Gasteiger charge is -2.30. The van der Waals surface area contributed by atoms with Crippen LogP contribution in [0.3, 0.4) is 0 Å². The van der Waals surface area contributed by atoms with Crippen LogP contribution in [0, 0.1) is 5.92 Å². The van der Waals surface area contributed by atoms with Gasteiger partial charge in [0, 0.05) is 20.1 Å². The van der Waals surface area contributed by atoms with Gasteiger partial charge < -0.3 is 15.0 Å². The Kier molecular flexibility index (Phi) is 9.58. The third-order valence-corrected chi connectivity index (χ3v) is 5.89.